The molecule has 0 saturated heterocycles. The zero-order valence-corrected chi connectivity index (χ0v) is 12.2. The largest absolute Gasteiger partial charge is 0.485 e. The molecular weight excluding hydrogens is 252 g/mol. The van der Waals surface area contributed by atoms with E-state index in [9.17, 15) is 0 Å². The summed E-state index contributed by atoms with van der Waals surface area (Å²) in [7, 11) is 0. The van der Waals surface area contributed by atoms with E-state index >= 15 is 0 Å². The molecular formula is C15H22N4O. The SMILES string of the molecule is CCCn1ncnc1COc1ccc(C)cc1CCN. The van der Waals surface area contributed by atoms with Crippen LogP contribution in [0.2, 0.25) is 0 Å². The number of rotatable bonds is 7. The number of aryl methyl sites for hydroxylation is 2. The normalized spacial score (nSPS) is 10.8. The highest BCUT2D eigenvalue weighted by Crippen LogP contribution is 2.21. The molecule has 2 N–H and O–H groups in total. The molecule has 0 spiro atoms. The van der Waals surface area contributed by atoms with Crippen molar-refractivity contribution in [2.24, 2.45) is 5.73 Å². The van der Waals surface area contributed by atoms with Gasteiger partial charge in [-0.2, -0.15) is 5.10 Å². The quantitative estimate of drug-likeness (QED) is 0.839. The van der Waals surface area contributed by atoms with E-state index in [1.165, 1.54) is 5.56 Å². The van der Waals surface area contributed by atoms with Crippen LogP contribution in [0.5, 0.6) is 5.75 Å². The molecule has 1 aromatic carbocycles. The maximum atomic E-state index is 5.90. The average molecular weight is 274 g/mol. The van der Waals surface area contributed by atoms with Gasteiger partial charge in [0.15, 0.2) is 5.82 Å². The van der Waals surface area contributed by atoms with Gasteiger partial charge in [0.2, 0.25) is 0 Å². The minimum absolute atomic E-state index is 0.431. The van der Waals surface area contributed by atoms with Crippen molar-refractivity contribution in [3.63, 3.8) is 0 Å². The van der Waals surface area contributed by atoms with Crippen LogP contribution in [0, 0.1) is 6.92 Å². The lowest BCUT2D eigenvalue weighted by molar-refractivity contribution is 0.283. The fraction of sp³-hybridized carbons (Fsp3) is 0.467. The number of hydrogen-bond donors (Lipinski definition) is 1. The Balaban J connectivity index is 2.08. The summed E-state index contributed by atoms with van der Waals surface area (Å²) in [5, 5.41) is 4.20. The van der Waals surface area contributed by atoms with Crippen molar-refractivity contribution in [2.75, 3.05) is 6.54 Å². The van der Waals surface area contributed by atoms with Gasteiger partial charge in [0.05, 0.1) is 0 Å². The van der Waals surface area contributed by atoms with Crippen molar-refractivity contribution in [1.82, 2.24) is 14.8 Å². The summed E-state index contributed by atoms with van der Waals surface area (Å²) in [6.07, 6.45) is 3.42. The Hall–Kier alpha value is -1.88. The topological polar surface area (TPSA) is 66.0 Å². The van der Waals surface area contributed by atoms with E-state index in [0.29, 0.717) is 13.2 Å². The molecule has 0 unspecified atom stereocenters. The molecule has 2 aromatic rings. The molecule has 0 aliphatic heterocycles. The van der Waals surface area contributed by atoms with Gasteiger partial charge >= 0.3 is 0 Å². The van der Waals surface area contributed by atoms with Crippen molar-refractivity contribution in [3.8, 4) is 5.75 Å². The number of ether oxygens (including phenoxy) is 1. The van der Waals surface area contributed by atoms with Gasteiger partial charge in [0.25, 0.3) is 0 Å². The molecule has 5 heteroatoms. The van der Waals surface area contributed by atoms with Crippen LogP contribution in [-0.2, 0) is 19.6 Å². The molecule has 0 aliphatic rings. The molecule has 1 heterocycles. The molecule has 0 fully saturated rings. The number of benzene rings is 1. The third kappa shape index (κ3) is 3.57. The Morgan fingerprint density at radius 1 is 1.35 bits per heavy atom. The summed E-state index contributed by atoms with van der Waals surface area (Å²) in [4.78, 5) is 4.25. The van der Waals surface area contributed by atoms with Gasteiger partial charge in [-0.05, 0) is 37.9 Å². The summed E-state index contributed by atoms with van der Waals surface area (Å²) in [6.45, 7) is 6.10. The van der Waals surface area contributed by atoms with Gasteiger partial charge in [-0.3, -0.25) is 0 Å². The van der Waals surface area contributed by atoms with Crippen molar-refractivity contribution >= 4 is 0 Å². The Morgan fingerprint density at radius 3 is 2.95 bits per heavy atom. The predicted octanol–water partition coefficient (Wildman–Crippen LogP) is 2.08. The van der Waals surface area contributed by atoms with Gasteiger partial charge in [0.1, 0.15) is 18.7 Å². The van der Waals surface area contributed by atoms with E-state index in [2.05, 4.69) is 30.0 Å². The van der Waals surface area contributed by atoms with Crippen LogP contribution in [0.25, 0.3) is 0 Å². The molecule has 0 amide bonds. The zero-order valence-electron chi connectivity index (χ0n) is 12.2. The third-order valence-electron chi connectivity index (χ3n) is 3.12. The van der Waals surface area contributed by atoms with E-state index in [1.54, 1.807) is 6.33 Å². The number of nitrogens with zero attached hydrogens (tertiary/aromatic N) is 3. The first-order valence-electron chi connectivity index (χ1n) is 7.03. The summed E-state index contributed by atoms with van der Waals surface area (Å²) in [5.74, 6) is 1.73. The lowest BCUT2D eigenvalue weighted by Gasteiger charge is -2.12. The molecule has 0 radical (unpaired) electrons. The van der Waals surface area contributed by atoms with Gasteiger partial charge in [0, 0.05) is 6.54 Å². The molecule has 0 saturated carbocycles. The zero-order chi connectivity index (χ0) is 14.4. The Morgan fingerprint density at radius 2 is 2.20 bits per heavy atom. The van der Waals surface area contributed by atoms with Crippen LogP contribution in [0.15, 0.2) is 24.5 Å². The maximum Gasteiger partial charge on any atom is 0.164 e. The number of nitrogens with two attached hydrogens (primary N) is 1. The van der Waals surface area contributed by atoms with Gasteiger partial charge in [-0.15, -0.1) is 0 Å². The minimum Gasteiger partial charge on any atom is -0.485 e. The summed E-state index contributed by atoms with van der Waals surface area (Å²) >= 11 is 0. The predicted molar refractivity (Wildman–Crippen MR) is 78.6 cm³/mol. The molecule has 0 bridgehead atoms. The van der Waals surface area contributed by atoms with Crippen LogP contribution in [-0.4, -0.2) is 21.3 Å². The van der Waals surface area contributed by atoms with E-state index in [0.717, 1.165) is 36.5 Å². The third-order valence-corrected chi connectivity index (χ3v) is 3.12. The van der Waals surface area contributed by atoms with Crippen LogP contribution in [0.3, 0.4) is 0 Å². The Labute approximate surface area is 119 Å². The number of hydrogen-bond acceptors (Lipinski definition) is 4. The molecule has 108 valence electrons. The van der Waals surface area contributed by atoms with Crippen LogP contribution in [0.1, 0.15) is 30.3 Å². The molecule has 0 aliphatic carbocycles. The second-order valence-electron chi connectivity index (χ2n) is 4.84. The van der Waals surface area contributed by atoms with E-state index < -0.39 is 0 Å². The monoisotopic (exact) mass is 274 g/mol. The Bertz CT molecular complexity index is 551. The first kappa shape index (κ1) is 14.5. The fourth-order valence-corrected chi connectivity index (χ4v) is 2.14. The summed E-state index contributed by atoms with van der Waals surface area (Å²) in [5.41, 5.74) is 8.02. The van der Waals surface area contributed by atoms with Gasteiger partial charge < -0.3 is 10.5 Å². The molecule has 2 rings (SSSR count). The lowest BCUT2D eigenvalue weighted by atomic mass is 10.1. The maximum absolute atomic E-state index is 5.90. The van der Waals surface area contributed by atoms with Crippen LogP contribution in [0.4, 0.5) is 0 Å². The van der Waals surface area contributed by atoms with Crippen LogP contribution >= 0.6 is 0 Å². The average Bonchev–Trinajstić information content (AvgIpc) is 2.86. The van der Waals surface area contributed by atoms with E-state index in [4.69, 9.17) is 10.5 Å². The van der Waals surface area contributed by atoms with Gasteiger partial charge in [-0.1, -0.05) is 24.6 Å². The van der Waals surface area contributed by atoms with Crippen molar-refractivity contribution in [1.29, 1.82) is 0 Å². The molecule has 0 atom stereocenters. The fourth-order valence-electron chi connectivity index (χ4n) is 2.14. The van der Waals surface area contributed by atoms with Gasteiger partial charge in [-0.25, -0.2) is 9.67 Å². The highest BCUT2D eigenvalue weighted by molar-refractivity contribution is 5.37. The first-order valence-corrected chi connectivity index (χ1v) is 7.03. The van der Waals surface area contributed by atoms with Crippen molar-refractivity contribution in [2.45, 2.75) is 39.8 Å². The van der Waals surface area contributed by atoms with Crippen LogP contribution < -0.4 is 10.5 Å². The molecule has 1 aromatic heterocycles. The summed E-state index contributed by atoms with van der Waals surface area (Å²) < 4.78 is 7.78. The highest BCUT2D eigenvalue weighted by Gasteiger charge is 2.07. The number of aromatic nitrogens is 3. The van der Waals surface area contributed by atoms with E-state index in [-0.39, 0.29) is 0 Å². The smallest absolute Gasteiger partial charge is 0.164 e. The Kier molecular flexibility index (Phi) is 5.12. The van der Waals surface area contributed by atoms with Crippen molar-refractivity contribution < 1.29 is 4.74 Å². The molecule has 5 nitrogen and oxygen atoms in total. The summed E-state index contributed by atoms with van der Waals surface area (Å²) in [6, 6.07) is 6.17. The van der Waals surface area contributed by atoms with Crippen molar-refractivity contribution in [3.05, 3.63) is 41.5 Å². The minimum atomic E-state index is 0.431. The standard InChI is InChI=1S/C15H22N4O/c1-3-8-19-15(17-11-18-19)10-20-14-5-4-12(2)9-13(14)6-7-16/h4-5,9,11H,3,6-8,10,16H2,1-2H3. The first-order chi connectivity index (χ1) is 9.74. The molecule has 20 heavy (non-hydrogen) atoms. The lowest BCUT2D eigenvalue weighted by Crippen LogP contribution is -2.10. The van der Waals surface area contributed by atoms with E-state index in [1.807, 2.05) is 16.8 Å². The highest BCUT2D eigenvalue weighted by atomic mass is 16.5. The second kappa shape index (κ2) is 7.05. The second-order valence-corrected chi connectivity index (χ2v) is 4.84.